The molecule has 0 radical (unpaired) electrons. The number of nitrogens with zero attached hydrogens (tertiary/aromatic N) is 2. The van der Waals surface area contributed by atoms with Crippen LogP contribution >= 0.6 is 0 Å². The van der Waals surface area contributed by atoms with Gasteiger partial charge in [0, 0.05) is 12.1 Å². The van der Waals surface area contributed by atoms with E-state index < -0.39 is 0 Å². The molecule has 0 unspecified atom stereocenters. The lowest BCUT2D eigenvalue weighted by atomic mass is 10.1. The summed E-state index contributed by atoms with van der Waals surface area (Å²) in [5.74, 6) is 0. The second-order valence-electron chi connectivity index (χ2n) is 5.56. The summed E-state index contributed by atoms with van der Waals surface area (Å²) in [5, 5.41) is 0. The summed E-state index contributed by atoms with van der Waals surface area (Å²) in [7, 11) is 4.44. The summed E-state index contributed by atoms with van der Waals surface area (Å²) in [6, 6.07) is 1.37. The van der Waals surface area contributed by atoms with Crippen LogP contribution in [0.2, 0.25) is 0 Å². The third kappa shape index (κ3) is 8.12. The minimum Gasteiger partial charge on any atom is -0.304 e. The molecule has 0 atom stereocenters. The molecule has 0 spiro atoms. The SMILES string of the molecule is CC(C)N(C)CCCCCCN(C)C(C)C. The van der Waals surface area contributed by atoms with E-state index in [-0.39, 0.29) is 0 Å². The average molecular weight is 228 g/mol. The third-order valence-electron chi connectivity index (χ3n) is 3.53. The van der Waals surface area contributed by atoms with Crippen LogP contribution in [0, 0.1) is 0 Å². The maximum atomic E-state index is 2.43. The molecule has 0 aromatic rings. The van der Waals surface area contributed by atoms with E-state index in [1.165, 1.54) is 38.8 Å². The van der Waals surface area contributed by atoms with E-state index in [4.69, 9.17) is 0 Å². The molecule has 2 heteroatoms. The van der Waals surface area contributed by atoms with E-state index >= 15 is 0 Å². The molecule has 0 bridgehead atoms. The molecule has 0 aliphatic heterocycles. The summed E-state index contributed by atoms with van der Waals surface area (Å²) in [5.41, 5.74) is 0. The van der Waals surface area contributed by atoms with Crippen LogP contribution in [0.1, 0.15) is 53.4 Å². The number of hydrogen-bond acceptors (Lipinski definition) is 2. The molecule has 0 aliphatic carbocycles. The lowest BCUT2D eigenvalue weighted by Crippen LogP contribution is -2.27. The fourth-order valence-electron chi connectivity index (χ4n) is 1.59. The van der Waals surface area contributed by atoms with Gasteiger partial charge in [-0.2, -0.15) is 0 Å². The standard InChI is InChI=1S/C14H32N2/c1-13(2)15(5)11-9-7-8-10-12-16(6)14(3)4/h13-14H,7-12H2,1-6H3. The fraction of sp³-hybridized carbons (Fsp3) is 1.00. The number of unbranched alkanes of at least 4 members (excludes halogenated alkanes) is 3. The number of hydrogen-bond donors (Lipinski definition) is 0. The van der Waals surface area contributed by atoms with Crippen LogP contribution in [0.5, 0.6) is 0 Å². The van der Waals surface area contributed by atoms with Crippen molar-refractivity contribution in [3.63, 3.8) is 0 Å². The van der Waals surface area contributed by atoms with Crippen molar-refractivity contribution < 1.29 is 0 Å². The Bertz CT molecular complexity index is 137. The Morgan fingerprint density at radius 2 is 0.938 bits per heavy atom. The molecule has 0 N–H and O–H groups in total. The van der Waals surface area contributed by atoms with E-state index in [9.17, 15) is 0 Å². The first kappa shape index (κ1) is 15.9. The molecule has 0 rings (SSSR count). The maximum absolute atomic E-state index is 2.43. The Morgan fingerprint density at radius 1 is 0.625 bits per heavy atom. The second kappa shape index (κ2) is 9.00. The minimum atomic E-state index is 0.687. The van der Waals surface area contributed by atoms with Gasteiger partial charge in [0.15, 0.2) is 0 Å². The van der Waals surface area contributed by atoms with Crippen LogP contribution in [0.25, 0.3) is 0 Å². The topological polar surface area (TPSA) is 6.48 Å². The van der Waals surface area contributed by atoms with Crippen LogP contribution in [0.4, 0.5) is 0 Å². The molecular weight excluding hydrogens is 196 g/mol. The summed E-state index contributed by atoms with van der Waals surface area (Å²) < 4.78 is 0. The van der Waals surface area contributed by atoms with Crippen LogP contribution in [-0.4, -0.2) is 49.1 Å². The minimum absolute atomic E-state index is 0.687. The predicted molar refractivity (Wildman–Crippen MR) is 74.0 cm³/mol. The Kier molecular flexibility index (Phi) is 8.96. The van der Waals surface area contributed by atoms with Crippen LogP contribution in [0.15, 0.2) is 0 Å². The van der Waals surface area contributed by atoms with Crippen molar-refractivity contribution in [2.45, 2.75) is 65.5 Å². The Labute approximate surface area is 103 Å². The van der Waals surface area contributed by atoms with Crippen molar-refractivity contribution in [1.29, 1.82) is 0 Å². The zero-order chi connectivity index (χ0) is 12.6. The van der Waals surface area contributed by atoms with Crippen molar-refractivity contribution >= 4 is 0 Å². The van der Waals surface area contributed by atoms with Gasteiger partial charge in [0.05, 0.1) is 0 Å². The Morgan fingerprint density at radius 3 is 1.19 bits per heavy atom. The molecule has 0 aliphatic rings. The summed E-state index contributed by atoms with van der Waals surface area (Å²) >= 11 is 0. The van der Waals surface area contributed by atoms with Gasteiger partial charge in [-0.05, 0) is 67.7 Å². The van der Waals surface area contributed by atoms with Crippen LogP contribution < -0.4 is 0 Å². The smallest absolute Gasteiger partial charge is 0.00355 e. The van der Waals surface area contributed by atoms with Gasteiger partial charge in [-0.3, -0.25) is 0 Å². The van der Waals surface area contributed by atoms with E-state index in [0.717, 1.165) is 0 Å². The molecule has 0 heterocycles. The first-order valence-electron chi connectivity index (χ1n) is 6.85. The van der Waals surface area contributed by atoms with Gasteiger partial charge in [0.1, 0.15) is 0 Å². The van der Waals surface area contributed by atoms with E-state index in [1.807, 2.05) is 0 Å². The largest absolute Gasteiger partial charge is 0.304 e. The average Bonchev–Trinajstić information content (AvgIpc) is 2.21. The van der Waals surface area contributed by atoms with Crippen molar-refractivity contribution in [1.82, 2.24) is 9.80 Å². The number of rotatable bonds is 9. The van der Waals surface area contributed by atoms with Crippen molar-refractivity contribution in [3.05, 3.63) is 0 Å². The fourth-order valence-corrected chi connectivity index (χ4v) is 1.59. The molecule has 0 amide bonds. The van der Waals surface area contributed by atoms with Crippen molar-refractivity contribution in [2.24, 2.45) is 0 Å². The maximum Gasteiger partial charge on any atom is 0.00355 e. The van der Waals surface area contributed by atoms with E-state index in [1.54, 1.807) is 0 Å². The zero-order valence-electron chi connectivity index (χ0n) is 12.3. The van der Waals surface area contributed by atoms with Crippen LogP contribution in [-0.2, 0) is 0 Å². The van der Waals surface area contributed by atoms with E-state index in [2.05, 4.69) is 51.6 Å². The summed E-state index contributed by atoms with van der Waals surface area (Å²) in [6.45, 7) is 11.5. The second-order valence-corrected chi connectivity index (χ2v) is 5.56. The first-order chi connectivity index (χ1) is 7.45. The highest BCUT2D eigenvalue weighted by molar-refractivity contribution is 4.59. The highest BCUT2D eigenvalue weighted by Gasteiger charge is 2.03. The highest BCUT2D eigenvalue weighted by Crippen LogP contribution is 2.05. The summed E-state index contributed by atoms with van der Waals surface area (Å²) in [6.07, 6.45) is 5.45. The molecule has 0 fully saturated rings. The van der Waals surface area contributed by atoms with Gasteiger partial charge < -0.3 is 9.80 Å². The van der Waals surface area contributed by atoms with E-state index in [0.29, 0.717) is 12.1 Å². The zero-order valence-corrected chi connectivity index (χ0v) is 12.3. The van der Waals surface area contributed by atoms with Gasteiger partial charge in [-0.15, -0.1) is 0 Å². The molecule has 98 valence electrons. The van der Waals surface area contributed by atoms with Crippen LogP contribution in [0.3, 0.4) is 0 Å². The molecule has 0 aromatic carbocycles. The molecular formula is C14H32N2. The quantitative estimate of drug-likeness (QED) is 0.559. The lowest BCUT2D eigenvalue weighted by Gasteiger charge is -2.22. The third-order valence-corrected chi connectivity index (χ3v) is 3.53. The first-order valence-corrected chi connectivity index (χ1v) is 6.85. The monoisotopic (exact) mass is 228 g/mol. The van der Waals surface area contributed by atoms with Crippen molar-refractivity contribution in [2.75, 3.05) is 27.2 Å². The molecule has 16 heavy (non-hydrogen) atoms. The summed E-state index contributed by atoms with van der Waals surface area (Å²) in [4.78, 5) is 4.86. The van der Waals surface area contributed by atoms with Gasteiger partial charge in [0.25, 0.3) is 0 Å². The molecule has 0 aromatic heterocycles. The van der Waals surface area contributed by atoms with Gasteiger partial charge >= 0.3 is 0 Å². The van der Waals surface area contributed by atoms with Gasteiger partial charge in [-0.25, -0.2) is 0 Å². The normalized spacial score (nSPS) is 12.4. The molecule has 0 saturated heterocycles. The lowest BCUT2D eigenvalue weighted by molar-refractivity contribution is 0.256. The van der Waals surface area contributed by atoms with Gasteiger partial charge in [0.2, 0.25) is 0 Å². The van der Waals surface area contributed by atoms with Gasteiger partial charge in [-0.1, -0.05) is 12.8 Å². The Balaban J connectivity index is 3.28. The molecule has 0 saturated carbocycles. The molecule has 2 nitrogen and oxygen atoms in total. The highest BCUT2D eigenvalue weighted by atomic mass is 15.1. The Hall–Kier alpha value is -0.0800. The van der Waals surface area contributed by atoms with Crippen molar-refractivity contribution in [3.8, 4) is 0 Å². The predicted octanol–water partition coefficient (Wildman–Crippen LogP) is 3.23.